The van der Waals surface area contributed by atoms with Crippen LogP contribution in [0, 0.1) is 11.7 Å². The van der Waals surface area contributed by atoms with E-state index in [4.69, 9.17) is 4.74 Å². The topological polar surface area (TPSA) is 116 Å². The van der Waals surface area contributed by atoms with Gasteiger partial charge in [-0.2, -0.15) is 0 Å². The Hall–Kier alpha value is -3.46. The van der Waals surface area contributed by atoms with Crippen LogP contribution in [0.5, 0.6) is 0 Å². The molecule has 2 aromatic rings. The number of nitrogens with one attached hydrogen (secondary N) is 1. The zero-order valence-corrected chi connectivity index (χ0v) is 18.6. The van der Waals surface area contributed by atoms with Crippen molar-refractivity contribution in [3.8, 4) is 0 Å². The minimum Gasteiger partial charge on any atom is -0.480 e. The lowest BCUT2D eigenvalue weighted by atomic mass is 10.1. The number of carboxylic acid groups (broad SMARTS) is 1. The Morgan fingerprint density at radius 2 is 1.64 bits per heavy atom. The number of hydrogen-bond donors (Lipinski definition) is 3. The molecular formula is C24H29FN2O6. The molecule has 0 bridgehead atoms. The highest BCUT2D eigenvalue weighted by molar-refractivity contribution is 5.83. The predicted octanol–water partition coefficient (Wildman–Crippen LogP) is 2.59. The molecule has 3 N–H and O–H groups in total. The summed E-state index contributed by atoms with van der Waals surface area (Å²) in [5.41, 5.74) is 1.28. The molecule has 9 heteroatoms. The molecule has 0 radical (unpaired) electrons. The summed E-state index contributed by atoms with van der Waals surface area (Å²) < 4.78 is 18.2. The second-order valence-electron chi connectivity index (χ2n) is 8.08. The van der Waals surface area contributed by atoms with E-state index in [1.807, 2.05) is 19.9 Å². The number of aliphatic carboxylic acids is 1. The fourth-order valence-electron chi connectivity index (χ4n) is 3.09. The van der Waals surface area contributed by atoms with Crippen molar-refractivity contribution in [2.45, 2.75) is 39.0 Å². The van der Waals surface area contributed by atoms with Crippen molar-refractivity contribution >= 4 is 18.0 Å². The van der Waals surface area contributed by atoms with Crippen LogP contribution >= 0.6 is 0 Å². The van der Waals surface area contributed by atoms with Crippen molar-refractivity contribution < 1.29 is 33.7 Å². The van der Waals surface area contributed by atoms with E-state index in [1.54, 1.807) is 24.3 Å². The number of urea groups is 1. The molecule has 0 fully saturated rings. The number of carbonyl (C=O) groups is 3. The third kappa shape index (κ3) is 8.89. The van der Waals surface area contributed by atoms with Crippen LogP contribution in [0.15, 0.2) is 54.6 Å². The number of ether oxygens (including phenoxy) is 1. The Morgan fingerprint density at radius 3 is 2.21 bits per heavy atom. The van der Waals surface area contributed by atoms with Crippen LogP contribution in [0.25, 0.3) is 0 Å². The molecule has 1 unspecified atom stereocenters. The smallest absolute Gasteiger partial charge is 0.337 e. The van der Waals surface area contributed by atoms with E-state index in [0.29, 0.717) is 5.56 Å². The van der Waals surface area contributed by atoms with Gasteiger partial charge in [-0.25, -0.2) is 18.8 Å². The molecule has 0 saturated heterocycles. The number of aliphatic hydroxyl groups excluding tert-OH is 1. The van der Waals surface area contributed by atoms with Gasteiger partial charge in [0, 0.05) is 13.0 Å². The normalized spacial score (nSPS) is 12.6. The third-order valence-corrected chi connectivity index (χ3v) is 4.71. The quantitative estimate of drug-likeness (QED) is 0.444. The van der Waals surface area contributed by atoms with Crippen molar-refractivity contribution in [2.24, 2.45) is 5.92 Å². The van der Waals surface area contributed by atoms with Crippen molar-refractivity contribution in [2.75, 3.05) is 13.1 Å². The number of rotatable bonds is 11. The van der Waals surface area contributed by atoms with E-state index in [2.05, 4.69) is 5.32 Å². The van der Waals surface area contributed by atoms with Crippen molar-refractivity contribution in [3.05, 3.63) is 71.5 Å². The molecule has 178 valence electrons. The molecule has 0 spiro atoms. The molecule has 0 saturated carbocycles. The maximum Gasteiger partial charge on any atom is 0.337 e. The molecule has 2 aromatic carbocycles. The van der Waals surface area contributed by atoms with Crippen molar-refractivity contribution in [3.63, 3.8) is 0 Å². The highest BCUT2D eigenvalue weighted by atomic mass is 19.1. The first kappa shape index (κ1) is 25.8. The molecule has 2 amide bonds. The number of carbonyl (C=O) groups excluding carboxylic acids is 2. The third-order valence-electron chi connectivity index (χ3n) is 4.71. The largest absolute Gasteiger partial charge is 0.480 e. The van der Waals surface area contributed by atoms with E-state index in [1.165, 1.54) is 29.2 Å². The first-order valence-electron chi connectivity index (χ1n) is 10.6. The average molecular weight is 461 g/mol. The summed E-state index contributed by atoms with van der Waals surface area (Å²) in [6.45, 7) is 3.48. The summed E-state index contributed by atoms with van der Waals surface area (Å²) in [5, 5.41) is 22.2. The molecule has 0 aromatic heterocycles. The van der Waals surface area contributed by atoms with Gasteiger partial charge in [0.15, 0.2) is 6.10 Å². The Morgan fingerprint density at radius 1 is 1.00 bits per heavy atom. The average Bonchev–Trinajstić information content (AvgIpc) is 2.78. The number of halogens is 1. The monoisotopic (exact) mass is 460 g/mol. The summed E-state index contributed by atoms with van der Waals surface area (Å²) in [4.78, 5) is 37.9. The van der Waals surface area contributed by atoms with Gasteiger partial charge in [0.05, 0.1) is 6.54 Å². The van der Waals surface area contributed by atoms with Gasteiger partial charge in [0.25, 0.3) is 0 Å². The van der Waals surface area contributed by atoms with Crippen LogP contribution in [0.2, 0.25) is 0 Å². The van der Waals surface area contributed by atoms with Crippen molar-refractivity contribution in [1.82, 2.24) is 10.2 Å². The number of carboxylic acids is 1. The first-order valence-corrected chi connectivity index (χ1v) is 10.6. The van der Waals surface area contributed by atoms with Crippen LogP contribution < -0.4 is 5.32 Å². The van der Waals surface area contributed by atoms with Crippen LogP contribution in [0.1, 0.15) is 25.0 Å². The highest BCUT2D eigenvalue weighted by Gasteiger charge is 2.28. The van der Waals surface area contributed by atoms with Gasteiger partial charge in [-0.15, -0.1) is 0 Å². The van der Waals surface area contributed by atoms with Gasteiger partial charge in [-0.05, 0) is 29.2 Å². The Kier molecular flexibility index (Phi) is 9.81. The van der Waals surface area contributed by atoms with E-state index < -0.39 is 35.9 Å². The molecular weight excluding hydrogens is 431 g/mol. The van der Waals surface area contributed by atoms with Crippen LogP contribution in [0.3, 0.4) is 0 Å². The maximum atomic E-state index is 13.1. The summed E-state index contributed by atoms with van der Waals surface area (Å²) in [5.74, 6) is -2.61. The molecule has 0 aliphatic carbocycles. The van der Waals surface area contributed by atoms with E-state index >= 15 is 0 Å². The summed E-state index contributed by atoms with van der Waals surface area (Å²) in [6, 6.07) is 12.2. The zero-order valence-electron chi connectivity index (χ0n) is 18.6. The maximum absolute atomic E-state index is 13.1. The lowest BCUT2D eigenvalue weighted by Crippen LogP contribution is -2.52. The number of benzene rings is 2. The lowest BCUT2D eigenvalue weighted by molar-refractivity contribution is -0.155. The van der Waals surface area contributed by atoms with Crippen LogP contribution in [0.4, 0.5) is 9.18 Å². The van der Waals surface area contributed by atoms with Gasteiger partial charge in [-0.3, -0.25) is 0 Å². The van der Waals surface area contributed by atoms with E-state index in [0.717, 1.165) is 5.56 Å². The Balaban J connectivity index is 2.00. The van der Waals surface area contributed by atoms with Gasteiger partial charge >= 0.3 is 18.0 Å². The van der Waals surface area contributed by atoms with Crippen LogP contribution in [-0.4, -0.2) is 58.3 Å². The highest BCUT2D eigenvalue weighted by Crippen LogP contribution is 2.09. The SMILES string of the molecule is CC(C)CN(CC(O)C(=O)OCc1ccccc1)C(=O)N[C@@H](Cc1ccc(F)cc1)C(=O)O. The van der Waals surface area contributed by atoms with Gasteiger partial charge in [0.1, 0.15) is 18.5 Å². The number of aliphatic hydroxyl groups is 1. The van der Waals surface area contributed by atoms with Crippen molar-refractivity contribution in [1.29, 1.82) is 0 Å². The molecule has 8 nitrogen and oxygen atoms in total. The second kappa shape index (κ2) is 12.5. The van der Waals surface area contributed by atoms with Gasteiger partial charge in [0.2, 0.25) is 0 Å². The lowest BCUT2D eigenvalue weighted by Gasteiger charge is -2.28. The predicted molar refractivity (Wildman–Crippen MR) is 119 cm³/mol. The van der Waals surface area contributed by atoms with Gasteiger partial charge < -0.3 is 25.2 Å². The number of amides is 2. The molecule has 0 aliphatic heterocycles. The molecule has 0 aliphatic rings. The summed E-state index contributed by atoms with van der Waals surface area (Å²) in [6.07, 6.45) is -1.66. The summed E-state index contributed by atoms with van der Waals surface area (Å²) in [7, 11) is 0. The second-order valence-corrected chi connectivity index (χ2v) is 8.08. The number of hydrogen-bond acceptors (Lipinski definition) is 5. The molecule has 2 rings (SSSR count). The zero-order chi connectivity index (χ0) is 24.4. The van der Waals surface area contributed by atoms with Gasteiger partial charge in [-0.1, -0.05) is 56.3 Å². The fourth-order valence-corrected chi connectivity index (χ4v) is 3.09. The Labute approximate surface area is 192 Å². The first-order chi connectivity index (χ1) is 15.7. The number of nitrogens with zero attached hydrogens (tertiary/aromatic N) is 1. The molecule has 2 atom stereocenters. The minimum atomic E-state index is -1.60. The standard InChI is InChI=1S/C24H29FN2O6/c1-16(2)13-27(14-21(28)23(31)33-15-18-6-4-3-5-7-18)24(32)26-20(22(29)30)12-17-8-10-19(25)11-9-17/h3-11,16,20-21,28H,12-15H2,1-2H3,(H,26,32)(H,29,30)/t20-,21?/m0/s1. The van der Waals surface area contributed by atoms with E-state index in [9.17, 15) is 29.0 Å². The molecule has 0 heterocycles. The summed E-state index contributed by atoms with van der Waals surface area (Å²) >= 11 is 0. The molecule has 33 heavy (non-hydrogen) atoms. The van der Waals surface area contributed by atoms with E-state index in [-0.39, 0.29) is 32.0 Å². The number of esters is 1. The fraction of sp³-hybridized carbons (Fsp3) is 0.375. The van der Waals surface area contributed by atoms with Crippen LogP contribution in [-0.2, 0) is 27.4 Å². The minimum absolute atomic E-state index is 0.0105. The Bertz CT molecular complexity index is 920.